The van der Waals surface area contributed by atoms with E-state index in [1.807, 2.05) is 24.3 Å². The normalized spacial score (nSPS) is 14.1. The Morgan fingerprint density at radius 1 is 0.906 bits per heavy atom. The third-order valence-electron chi connectivity index (χ3n) is 7.32. The second-order valence-electron chi connectivity index (χ2n) is 12.1. The number of allylic oxidation sites excluding steroid dienone is 1. The number of hydrogen-bond donors (Lipinski definition) is 0. The van der Waals surface area contributed by atoms with E-state index in [0.717, 1.165) is 17.0 Å². The van der Waals surface area contributed by atoms with E-state index in [9.17, 15) is 0 Å². The minimum atomic E-state index is -1.93. The molecule has 0 bridgehead atoms. The van der Waals surface area contributed by atoms with Crippen LogP contribution in [-0.4, -0.2) is 29.8 Å². The Morgan fingerprint density at radius 2 is 1.38 bits per heavy atom. The molecule has 0 saturated carbocycles. The highest BCUT2D eigenvalue weighted by molar-refractivity contribution is 6.74. The van der Waals surface area contributed by atoms with E-state index in [4.69, 9.17) is 26.9 Å². The van der Waals surface area contributed by atoms with Gasteiger partial charge in [-0.15, -0.1) is 12.3 Å². The molecular formula is C27H45ClO2Si2. The van der Waals surface area contributed by atoms with Crippen molar-refractivity contribution in [3.8, 4) is 12.3 Å². The molecule has 5 heteroatoms. The SMILES string of the molecule is C#CCC(CC=Cc1ccccc1Cl)(CO[Si](C)(C)C(C)(C)C)CO[Si](C)(C)C(C)(C)C. The smallest absolute Gasteiger partial charge is 0.192 e. The van der Waals surface area contributed by atoms with Gasteiger partial charge in [-0.3, -0.25) is 0 Å². The van der Waals surface area contributed by atoms with E-state index >= 15 is 0 Å². The summed E-state index contributed by atoms with van der Waals surface area (Å²) in [5, 5.41) is 1.03. The molecule has 0 atom stereocenters. The highest BCUT2D eigenvalue weighted by atomic mass is 35.5. The Kier molecular flexibility index (Phi) is 10.1. The summed E-state index contributed by atoms with van der Waals surface area (Å²) < 4.78 is 13.4. The van der Waals surface area contributed by atoms with Gasteiger partial charge in [0.05, 0.1) is 0 Å². The fourth-order valence-corrected chi connectivity index (χ4v) is 5.10. The zero-order valence-corrected chi connectivity index (χ0v) is 24.8. The molecule has 0 aliphatic rings. The molecule has 0 aliphatic heterocycles. The second-order valence-corrected chi connectivity index (χ2v) is 22.1. The molecule has 0 aromatic heterocycles. The lowest BCUT2D eigenvalue weighted by molar-refractivity contribution is 0.0709. The maximum atomic E-state index is 6.71. The van der Waals surface area contributed by atoms with Gasteiger partial charge in [0.25, 0.3) is 0 Å². The largest absolute Gasteiger partial charge is 0.416 e. The summed E-state index contributed by atoms with van der Waals surface area (Å²) in [6, 6.07) is 7.89. The second kappa shape index (κ2) is 11.1. The van der Waals surface area contributed by atoms with Crippen LogP contribution in [-0.2, 0) is 8.85 Å². The monoisotopic (exact) mass is 492 g/mol. The van der Waals surface area contributed by atoms with Gasteiger partial charge in [-0.05, 0) is 54.3 Å². The van der Waals surface area contributed by atoms with Gasteiger partial charge in [-0.25, -0.2) is 0 Å². The Labute approximate surface area is 205 Å². The first-order valence-electron chi connectivity index (χ1n) is 11.6. The first-order valence-corrected chi connectivity index (χ1v) is 17.8. The maximum absolute atomic E-state index is 6.71. The molecule has 0 radical (unpaired) electrons. The molecule has 1 rings (SSSR count). The Hall–Kier alpha value is -0.836. The fourth-order valence-electron chi connectivity index (χ4n) is 2.70. The quantitative estimate of drug-likeness (QED) is 0.240. The summed E-state index contributed by atoms with van der Waals surface area (Å²) in [5.41, 5.74) is 0.747. The van der Waals surface area contributed by atoms with Gasteiger partial charge in [0.2, 0.25) is 0 Å². The van der Waals surface area contributed by atoms with Gasteiger partial charge in [0.1, 0.15) is 0 Å². The van der Waals surface area contributed by atoms with E-state index in [1.165, 1.54) is 0 Å². The van der Waals surface area contributed by atoms with Crippen LogP contribution in [0.5, 0.6) is 0 Å². The summed E-state index contributed by atoms with van der Waals surface area (Å²) in [7, 11) is -3.85. The van der Waals surface area contributed by atoms with Gasteiger partial charge in [0.15, 0.2) is 16.6 Å². The molecule has 0 N–H and O–H groups in total. The Bertz CT molecular complexity index is 778. The van der Waals surface area contributed by atoms with Crippen molar-refractivity contribution in [3.63, 3.8) is 0 Å². The molecule has 0 aliphatic carbocycles. The van der Waals surface area contributed by atoms with Crippen LogP contribution >= 0.6 is 11.6 Å². The number of hydrogen-bond acceptors (Lipinski definition) is 2. The van der Waals surface area contributed by atoms with Gasteiger partial charge in [-0.1, -0.05) is 83.5 Å². The first-order chi connectivity index (χ1) is 14.5. The van der Waals surface area contributed by atoms with Crippen molar-refractivity contribution in [2.75, 3.05) is 13.2 Å². The zero-order chi connectivity index (χ0) is 24.8. The molecule has 0 fully saturated rings. The third-order valence-corrected chi connectivity index (χ3v) is 16.6. The lowest BCUT2D eigenvalue weighted by atomic mass is 9.83. The summed E-state index contributed by atoms with van der Waals surface area (Å²) >= 11 is 6.36. The third kappa shape index (κ3) is 8.18. The van der Waals surface area contributed by atoms with E-state index in [2.05, 4.69) is 85.8 Å². The van der Waals surface area contributed by atoms with Crippen molar-refractivity contribution in [3.05, 3.63) is 40.9 Å². The van der Waals surface area contributed by atoms with Crippen LogP contribution in [0.2, 0.25) is 41.3 Å². The molecule has 0 heterocycles. The van der Waals surface area contributed by atoms with Crippen molar-refractivity contribution >= 4 is 34.3 Å². The average molecular weight is 493 g/mol. The van der Waals surface area contributed by atoms with E-state index < -0.39 is 16.6 Å². The first kappa shape index (κ1) is 29.2. The minimum Gasteiger partial charge on any atom is -0.416 e. The standard InChI is InChI=1S/C27H45ClO2Si2/c1-12-19-27(21-29-31(8,9)25(2,3)4,22-30-32(10,11)26(5,6)7)20-15-17-23-16-13-14-18-24(23)28/h1,13-18H,19-22H2,2-11H3. The number of benzene rings is 1. The molecule has 1 aromatic carbocycles. The van der Waals surface area contributed by atoms with Crippen molar-refractivity contribution in [1.82, 2.24) is 0 Å². The molecule has 0 saturated heterocycles. The van der Waals surface area contributed by atoms with Gasteiger partial charge in [-0.2, -0.15) is 0 Å². The van der Waals surface area contributed by atoms with Crippen molar-refractivity contribution in [1.29, 1.82) is 0 Å². The lowest BCUT2D eigenvalue weighted by Crippen LogP contribution is -2.48. The molecule has 32 heavy (non-hydrogen) atoms. The highest BCUT2D eigenvalue weighted by Gasteiger charge is 2.43. The van der Waals surface area contributed by atoms with Crippen LogP contribution in [0.15, 0.2) is 30.3 Å². The Morgan fingerprint density at radius 3 is 1.78 bits per heavy atom. The van der Waals surface area contributed by atoms with E-state index in [1.54, 1.807) is 0 Å². The zero-order valence-electron chi connectivity index (χ0n) is 22.1. The van der Waals surface area contributed by atoms with Crippen molar-refractivity contribution < 1.29 is 8.85 Å². The predicted octanol–water partition coefficient (Wildman–Crippen LogP) is 8.80. The topological polar surface area (TPSA) is 18.5 Å². The summed E-state index contributed by atoms with van der Waals surface area (Å²) in [4.78, 5) is 0. The number of rotatable bonds is 10. The predicted molar refractivity (Wildman–Crippen MR) is 147 cm³/mol. The summed E-state index contributed by atoms with van der Waals surface area (Å²) in [5.74, 6) is 2.93. The number of halogens is 1. The Balaban J connectivity index is 3.21. The summed E-state index contributed by atoms with van der Waals surface area (Å²) in [6.45, 7) is 24.0. The van der Waals surface area contributed by atoms with Crippen LogP contribution < -0.4 is 0 Å². The molecule has 0 unspecified atom stereocenters. The number of terminal acetylenes is 1. The molecular weight excluding hydrogens is 448 g/mol. The van der Waals surface area contributed by atoms with Crippen molar-refractivity contribution in [2.24, 2.45) is 5.41 Å². The van der Waals surface area contributed by atoms with Crippen LogP contribution in [0.4, 0.5) is 0 Å². The van der Waals surface area contributed by atoms with E-state index in [0.29, 0.717) is 19.6 Å². The van der Waals surface area contributed by atoms with Crippen LogP contribution in [0.3, 0.4) is 0 Å². The van der Waals surface area contributed by atoms with Crippen LogP contribution in [0, 0.1) is 17.8 Å². The molecule has 1 aromatic rings. The van der Waals surface area contributed by atoms with Gasteiger partial charge in [0, 0.05) is 30.1 Å². The van der Waals surface area contributed by atoms with Gasteiger partial charge >= 0.3 is 0 Å². The highest BCUT2D eigenvalue weighted by Crippen LogP contribution is 2.41. The van der Waals surface area contributed by atoms with Crippen molar-refractivity contribution in [2.45, 2.75) is 90.6 Å². The van der Waals surface area contributed by atoms with E-state index in [-0.39, 0.29) is 15.5 Å². The molecule has 2 nitrogen and oxygen atoms in total. The van der Waals surface area contributed by atoms with Crippen LogP contribution in [0.25, 0.3) is 6.08 Å². The lowest BCUT2D eigenvalue weighted by Gasteiger charge is -2.43. The molecule has 0 amide bonds. The van der Waals surface area contributed by atoms with Crippen LogP contribution in [0.1, 0.15) is 59.9 Å². The maximum Gasteiger partial charge on any atom is 0.192 e. The van der Waals surface area contributed by atoms with Gasteiger partial charge < -0.3 is 8.85 Å². The molecule has 0 spiro atoms. The summed E-state index contributed by atoms with van der Waals surface area (Å²) in [6.07, 6.45) is 11.6. The minimum absolute atomic E-state index is 0.141. The average Bonchev–Trinajstić information content (AvgIpc) is 2.65. The fraction of sp³-hybridized carbons (Fsp3) is 0.630. The molecule has 180 valence electrons.